The summed E-state index contributed by atoms with van der Waals surface area (Å²) in [6.45, 7) is 3.25. The molecule has 1 aliphatic heterocycles. The molecule has 0 aliphatic carbocycles. The van der Waals surface area contributed by atoms with Crippen LogP contribution in [0.1, 0.15) is 19.3 Å². The zero-order valence-electron chi connectivity index (χ0n) is 11.6. The molecule has 1 aliphatic rings. The van der Waals surface area contributed by atoms with Gasteiger partial charge in [0.2, 0.25) is 0 Å². The van der Waals surface area contributed by atoms with E-state index < -0.39 is 0 Å². The lowest BCUT2D eigenvalue weighted by Gasteiger charge is -2.37. The van der Waals surface area contributed by atoms with Crippen LogP contribution in [-0.2, 0) is 0 Å². The Morgan fingerprint density at radius 3 is 2.47 bits per heavy atom. The molecule has 0 amide bonds. The molecule has 1 aromatic rings. The number of aliphatic hydroxyl groups is 1. The lowest BCUT2D eigenvalue weighted by molar-refractivity contribution is 0.184. The van der Waals surface area contributed by atoms with E-state index in [1.54, 1.807) is 0 Å². The highest BCUT2D eigenvalue weighted by atomic mass is 19.1. The van der Waals surface area contributed by atoms with Gasteiger partial charge in [-0.3, -0.25) is 0 Å². The molecule has 1 heterocycles. The van der Waals surface area contributed by atoms with Gasteiger partial charge in [0, 0.05) is 38.0 Å². The van der Waals surface area contributed by atoms with Gasteiger partial charge in [0.05, 0.1) is 0 Å². The van der Waals surface area contributed by atoms with Crippen molar-refractivity contribution in [3.8, 4) is 0 Å². The van der Waals surface area contributed by atoms with Crippen molar-refractivity contribution in [1.29, 1.82) is 0 Å². The molecule has 0 spiro atoms. The number of hydrogen-bond donors (Lipinski definition) is 1. The van der Waals surface area contributed by atoms with Gasteiger partial charge < -0.3 is 14.9 Å². The fourth-order valence-corrected chi connectivity index (χ4v) is 2.72. The van der Waals surface area contributed by atoms with Gasteiger partial charge in [-0.25, -0.2) is 4.39 Å². The van der Waals surface area contributed by atoms with E-state index in [9.17, 15) is 4.39 Å². The number of benzene rings is 1. The molecule has 1 aromatic carbocycles. The van der Waals surface area contributed by atoms with E-state index >= 15 is 0 Å². The first kappa shape index (κ1) is 14.3. The number of anilines is 1. The first-order valence-corrected chi connectivity index (χ1v) is 7.02. The maximum atomic E-state index is 12.9. The molecule has 4 heteroatoms. The average Bonchev–Trinajstić information content (AvgIpc) is 2.46. The van der Waals surface area contributed by atoms with Gasteiger partial charge in [0.25, 0.3) is 0 Å². The highest BCUT2D eigenvalue weighted by molar-refractivity contribution is 5.46. The van der Waals surface area contributed by atoms with Gasteiger partial charge in [-0.2, -0.15) is 0 Å². The Hall–Kier alpha value is -1.13. The minimum Gasteiger partial charge on any atom is -0.396 e. The smallest absolute Gasteiger partial charge is 0.123 e. The Labute approximate surface area is 114 Å². The SMILES string of the molecule is CN(CCCO)C1CCN(c2ccc(F)cc2)CC1. The predicted octanol–water partition coefficient (Wildman–Crippen LogP) is 2.11. The van der Waals surface area contributed by atoms with E-state index in [1.807, 2.05) is 12.1 Å². The van der Waals surface area contributed by atoms with Gasteiger partial charge in [0.1, 0.15) is 5.82 Å². The Morgan fingerprint density at radius 2 is 1.89 bits per heavy atom. The van der Waals surface area contributed by atoms with Crippen molar-refractivity contribution >= 4 is 5.69 Å². The van der Waals surface area contributed by atoms with Gasteiger partial charge in [0.15, 0.2) is 0 Å². The second-order valence-corrected chi connectivity index (χ2v) is 5.25. The summed E-state index contributed by atoms with van der Waals surface area (Å²) in [5, 5.41) is 8.86. The molecule has 0 aromatic heterocycles. The molecule has 106 valence electrons. The predicted molar refractivity (Wildman–Crippen MR) is 76.0 cm³/mol. The lowest BCUT2D eigenvalue weighted by atomic mass is 10.0. The molecule has 0 radical (unpaired) electrons. The molecule has 19 heavy (non-hydrogen) atoms. The third-order valence-corrected chi connectivity index (χ3v) is 3.95. The monoisotopic (exact) mass is 266 g/mol. The van der Waals surface area contributed by atoms with Crippen molar-refractivity contribution in [3.63, 3.8) is 0 Å². The normalized spacial score (nSPS) is 17.2. The number of halogens is 1. The number of rotatable bonds is 5. The Morgan fingerprint density at radius 1 is 1.26 bits per heavy atom. The summed E-state index contributed by atoms with van der Waals surface area (Å²) in [6.07, 6.45) is 3.09. The molecule has 0 bridgehead atoms. The summed E-state index contributed by atoms with van der Waals surface area (Å²) in [7, 11) is 2.13. The van der Waals surface area contributed by atoms with Crippen molar-refractivity contribution in [3.05, 3.63) is 30.1 Å². The third-order valence-electron chi connectivity index (χ3n) is 3.95. The van der Waals surface area contributed by atoms with Gasteiger partial charge in [-0.15, -0.1) is 0 Å². The Balaban J connectivity index is 1.83. The lowest BCUT2D eigenvalue weighted by Crippen LogP contribution is -2.43. The van der Waals surface area contributed by atoms with Crippen molar-refractivity contribution in [2.24, 2.45) is 0 Å². The number of piperidine rings is 1. The van der Waals surface area contributed by atoms with Crippen LogP contribution < -0.4 is 4.90 Å². The van der Waals surface area contributed by atoms with E-state index in [0.29, 0.717) is 6.04 Å². The highest BCUT2D eigenvalue weighted by Crippen LogP contribution is 2.22. The molecule has 2 rings (SSSR count). The van der Waals surface area contributed by atoms with Crippen LogP contribution in [0.25, 0.3) is 0 Å². The van der Waals surface area contributed by atoms with Crippen LogP contribution in [0.5, 0.6) is 0 Å². The van der Waals surface area contributed by atoms with Crippen LogP contribution in [0.4, 0.5) is 10.1 Å². The number of hydrogen-bond acceptors (Lipinski definition) is 3. The van der Waals surface area contributed by atoms with Crippen LogP contribution in [-0.4, -0.2) is 49.3 Å². The topological polar surface area (TPSA) is 26.7 Å². The molecule has 0 unspecified atom stereocenters. The molecule has 0 saturated carbocycles. The van der Waals surface area contributed by atoms with E-state index in [2.05, 4.69) is 16.8 Å². The number of nitrogens with zero attached hydrogens (tertiary/aromatic N) is 2. The third kappa shape index (κ3) is 3.91. The summed E-state index contributed by atoms with van der Waals surface area (Å²) in [6, 6.07) is 7.35. The van der Waals surface area contributed by atoms with E-state index in [4.69, 9.17) is 5.11 Å². The van der Waals surface area contributed by atoms with Gasteiger partial charge in [-0.1, -0.05) is 0 Å². The molecule has 0 atom stereocenters. The number of aliphatic hydroxyl groups excluding tert-OH is 1. The van der Waals surface area contributed by atoms with Crippen molar-refractivity contribution in [2.75, 3.05) is 38.2 Å². The molecule has 3 nitrogen and oxygen atoms in total. The largest absolute Gasteiger partial charge is 0.396 e. The molecular weight excluding hydrogens is 243 g/mol. The minimum atomic E-state index is -0.178. The van der Waals surface area contributed by atoms with Gasteiger partial charge >= 0.3 is 0 Å². The van der Waals surface area contributed by atoms with Crippen LogP contribution >= 0.6 is 0 Å². The molecular formula is C15H23FN2O. The first-order chi connectivity index (χ1) is 9.20. The van der Waals surface area contributed by atoms with Crippen LogP contribution in [0.2, 0.25) is 0 Å². The van der Waals surface area contributed by atoms with Gasteiger partial charge in [-0.05, 0) is 50.6 Å². The van der Waals surface area contributed by atoms with E-state index in [-0.39, 0.29) is 12.4 Å². The quantitative estimate of drug-likeness (QED) is 0.884. The summed E-state index contributed by atoms with van der Waals surface area (Å²) < 4.78 is 12.9. The summed E-state index contributed by atoms with van der Waals surface area (Å²) in [5.74, 6) is -0.178. The molecule has 1 N–H and O–H groups in total. The fourth-order valence-electron chi connectivity index (χ4n) is 2.72. The van der Waals surface area contributed by atoms with E-state index in [1.165, 1.54) is 12.1 Å². The fraction of sp³-hybridized carbons (Fsp3) is 0.600. The Bertz CT molecular complexity index is 374. The standard InChI is InChI=1S/C15H23FN2O/c1-17(9-2-12-19)14-7-10-18(11-8-14)15-5-3-13(16)4-6-15/h3-6,14,19H,2,7-12H2,1H3. The maximum Gasteiger partial charge on any atom is 0.123 e. The molecule has 1 fully saturated rings. The zero-order chi connectivity index (χ0) is 13.7. The highest BCUT2D eigenvalue weighted by Gasteiger charge is 2.22. The minimum absolute atomic E-state index is 0.178. The second-order valence-electron chi connectivity index (χ2n) is 5.25. The second kappa shape index (κ2) is 6.87. The van der Waals surface area contributed by atoms with Crippen molar-refractivity contribution in [2.45, 2.75) is 25.3 Å². The maximum absolute atomic E-state index is 12.9. The van der Waals surface area contributed by atoms with Crippen LogP contribution in [0.3, 0.4) is 0 Å². The van der Waals surface area contributed by atoms with Crippen LogP contribution in [0.15, 0.2) is 24.3 Å². The zero-order valence-corrected chi connectivity index (χ0v) is 11.6. The van der Waals surface area contributed by atoms with Crippen molar-refractivity contribution < 1.29 is 9.50 Å². The summed E-state index contributed by atoms with van der Waals surface area (Å²) in [5.41, 5.74) is 1.11. The van der Waals surface area contributed by atoms with E-state index in [0.717, 1.165) is 44.6 Å². The first-order valence-electron chi connectivity index (χ1n) is 7.02. The molecule has 1 saturated heterocycles. The average molecular weight is 266 g/mol. The van der Waals surface area contributed by atoms with Crippen LogP contribution in [0, 0.1) is 5.82 Å². The Kier molecular flexibility index (Phi) is 5.16. The summed E-state index contributed by atoms with van der Waals surface area (Å²) >= 11 is 0. The summed E-state index contributed by atoms with van der Waals surface area (Å²) in [4.78, 5) is 4.66. The van der Waals surface area contributed by atoms with Crippen molar-refractivity contribution in [1.82, 2.24) is 4.90 Å².